The first-order chi connectivity index (χ1) is 13.2. The maximum Gasteiger partial charge on any atom is 0.338 e. The number of ether oxygens (including phenoxy) is 4. The molecule has 0 amide bonds. The summed E-state index contributed by atoms with van der Waals surface area (Å²) in [5.41, 5.74) is 1.09. The van der Waals surface area contributed by atoms with E-state index in [1.807, 2.05) is 30.3 Å². The van der Waals surface area contributed by atoms with Crippen molar-refractivity contribution in [3.05, 3.63) is 53.9 Å². The van der Waals surface area contributed by atoms with Gasteiger partial charge in [0.1, 0.15) is 13.2 Å². The molecule has 27 heavy (non-hydrogen) atoms. The van der Waals surface area contributed by atoms with Crippen LogP contribution in [0.15, 0.2) is 47.0 Å². The van der Waals surface area contributed by atoms with Crippen LogP contribution in [0.2, 0.25) is 0 Å². The number of hydrogen-bond donors (Lipinski definition) is 0. The summed E-state index contributed by atoms with van der Waals surface area (Å²) in [6.45, 7) is 0.683. The predicted octanol–water partition coefficient (Wildman–Crippen LogP) is 2.87. The van der Waals surface area contributed by atoms with Crippen LogP contribution in [-0.2, 0) is 11.3 Å². The van der Waals surface area contributed by atoms with Crippen molar-refractivity contribution in [1.29, 1.82) is 0 Å². The third-order valence-corrected chi connectivity index (χ3v) is 3.89. The maximum atomic E-state index is 12.4. The van der Waals surface area contributed by atoms with E-state index in [0.717, 1.165) is 5.56 Å². The first kappa shape index (κ1) is 16.9. The average molecular weight is 368 g/mol. The molecule has 1 aliphatic rings. The van der Waals surface area contributed by atoms with Crippen molar-refractivity contribution in [1.82, 2.24) is 10.1 Å². The Kier molecular flexibility index (Phi) is 4.61. The number of fused-ring (bicyclic) bond motifs is 1. The lowest BCUT2D eigenvalue weighted by molar-refractivity contribution is 0.0428. The highest BCUT2D eigenvalue weighted by Crippen LogP contribution is 2.40. The summed E-state index contributed by atoms with van der Waals surface area (Å²) < 4.78 is 26.7. The first-order valence-corrected chi connectivity index (χ1v) is 8.27. The molecular weight excluding hydrogens is 352 g/mol. The van der Waals surface area contributed by atoms with Gasteiger partial charge < -0.3 is 23.5 Å². The van der Waals surface area contributed by atoms with Crippen LogP contribution in [-0.4, -0.2) is 36.4 Å². The van der Waals surface area contributed by atoms with Gasteiger partial charge in [0, 0.05) is 5.56 Å². The van der Waals surface area contributed by atoms with Crippen molar-refractivity contribution in [2.45, 2.75) is 6.61 Å². The van der Waals surface area contributed by atoms with E-state index in [1.165, 1.54) is 7.11 Å². The lowest BCUT2D eigenvalue weighted by Crippen LogP contribution is -2.17. The SMILES string of the molecule is COc1cc(C(=O)OCc2nc(-c3ccccc3)no2)cc2c1OCCO2. The number of hydrogen-bond acceptors (Lipinski definition) is 8. The lowest BCUT2D eigenvalue weighted by Gasteiger charge is -2.21. The van der Waals surface area contributed by atoms with E-state index in [1.54, 1.807) is 12.1 Å². The van der Waals surface area contributed by atoms with Gasteiger partial charge in [-0.2, -0.15) is 4.98 Å². The predicted molar refractivity (Wildman–Crippen MR) is 92.8 cm³/mol. The van der Waals surface area contributed by atoms with Crippen LogP contribution >= 0.6 is 0 Å². The molecule has 3 aromatic rings. The Morgan fingerprint density at radius 3 is 2.78 bits per heavy atom. The quantitative estimate of drug-likeness (QED) is 0.635. The van der Waals surface area contributed by atoms with Gasteiger partial charge in [0.15, 0.2) is 18.1 Å². The molecule has 0 spiro atoms. The van der Waals surface area contributed by atoms with Gasteiger partial charge >= 0.3 is 5.97 Å². The van der Waals surface area contributed by atoms with E-state index in [0.29, 0.717) is 36.3 Å². The molecule has 1 aromatic heterocycles. The summed E-state index contributed by atoms with van der Waals surface area (Å²) >= 11 is 0. The molecule has 0 atom stereocenters. The highest BCUT2D eigenvalue weighted by atomic mass is 16.6. The molecule has 0 fully saturated rings. The normalized spacial score (nSPS) is 12.5. The van der Waals surface area contributed by atoms with Gasteiger partial charge in [-0.1, -0.05) is 35.5 Å². The summed E-state index contributed by atoms with van der Waals surface area (Å²) in [6, 6.07) is 12.5. The Morgan fingerprint density at radius 2 is 1.96 bits per heavy atom. The molecular formula is C19H16N2O6. The van der Waals surface area contributed by atoms with Crippen molar-refractivity contribution < 1.29 is 28.3 Å². The van der Waals surface area contributed by atoms with Gasteiger partial charge in [-0.3, -0.25) is 0 Å². The average Bonchev–Trinajstić information content (AvgIpc) is 3.21. The highest BCUT2D eigenvalue weighted by molar-refractivity contribution is 5.91. The van der Waals surface area contributed by atoms with Crippen LogP contribution in [0.25, 0.3) is 11.4 Å². The van der Waals surface area contributed by atoms with Gasteiger partial charge in [0.25, 0.3) is 5.89 Å². The zero-order chi connectivity index (χ0) is 18.6. The summed E-state index contributed by atoms with van der Waals surface area (Å²) in [7, 11) is 1.49. The van der Waals surface area contributed by atoms with Gasteiger partial charge in [-0.25, -0.2) is 4.79 Å². The summed E-state index contributed by atoms with van der Waals surface area (Å²) in [5, 5.41) is 3.89. The third-order valence-electron chi connectivity index (χ3n) is 3.89. The maximum absolute atomic E-state index is 12.4. The van der Waals surface area contributed by atoms with Gasteiger partial charge in [-0.15, -0.1) is 0 Å². The fourth-order valence-electron chi connectivity index (χ4n) is 2.62. The zero-order valence-corrected chi connectivity index (χ0v) is 14.5. The molecule has 8 nitrogen and oxygen atoms in total. The second-order valence-electron chi connectivity index (χ2n) is 5.66. The Morgan fingerprint density at radius 1 is 1.15 bits per heavy atom. The molecule has 0 unspecified atom stereocenters. The number of nitrogens with zero attached hydrogens (tertiary/aromatic N) is 2. The van der Waals surface area contributed by atoms with Crippen LogP contribution in [0.5, 0.6) is 17.2 Å². The van der Waals surface area contributed by atoms with E-state index >= 15 is 0 Å². The Bertz CT molecular complexity index is 937. The molecule has 4 rings (SSSR count). The molecule has 138 valence electrons. The fourth-order valence-corrected chi connectivity index (χ4v) is 2.62. The number of benzene rings is 2. The fraction of sp³-hybridized carbons (Fsp3) is 0.211. The van der Waals surface area contributed by atoms with E-state index in [4.69, 9.17) is 23.5 Å². The molecule has 0 bridgehead atoms. The van der Waals surface area contributed by atoms with E-state index in [9.17, 15) is 4.79 Å². The monoisotopic (exact) mass is 368 g/mol. The van der Waals surface area contributed by atoms with Crippen LogP contribution in [0.4, 0.5) is 0 Å². The summed E-state index contributed by atoms with van der Waals surface area (Å²) in [6.07, 6.45) is 0. The Balaban J connectivity index is 1.46. The number of methoxy groups -OCH3 is 1. The minimum Gasteiger partial charge on any atom is -0.493 e. The number of carbonyl (C=O) groups is 1. The molecule has 8 heteroatoms. The van der Waals surface area contributed by atoms with E-state index in [2.05, 4.69) is 10.1 Å². The standard InChI is InChI=1S/C19H16N2O6/c1-23-14-9-13(10-15-17(14)25-8-7-24-15)19(22)26-11-16-20-18(21-27-16)12-5-3-2-4-6-12/h2-6,9-10H,7-8,11H2,1H3. The Hall–Kier alpha value is -3.55. The zero-order valence-electron chi connectivity index (χ0n) is 14.5. The lowest BCUT2D eigenvalue weighted by atomic mass is 10.1. The van der Waals surface area contributed by atoms with Crippen molar-refractivity contribution in [2.75, 3.05) is 20.3 Å². The van der Waals surface area contributed by atoms with Crippen LogP contribution in [0.3, 0.4) is 0 Å². The third kappa shape index (κ3) is 3.55. The molecule has 2 heterocycles. The highest BCUT2D eigenvalue weighted by Gasteiger charge is 2.22. The van der Waals surface area contributed by atoms with Crippen LogP contribution in [0.1, 0.15) is 16.2 Å². The van der Waals surface area contributed by atoms with Crippen LogP contribution in [0, 0.1) is 0 Å². The number of aromatic nitrogens is 2. The molecule has 2 aromatic carbocycles. The van der Waals surface area contributed by atoms with Gasteiger partial charge in [0.2, 0.25) is 11.6 Å². The molecule has 0 aliphatic carbocycles. The summed E-state index contributed by atoms with van der Waals surface area (Å²) in [5.74, 6) is 1.39. The number of esters is 1. The Labute approximate surface area is 154 Å². The van der Waals surface area contributed by atoms with Gasteiger partial charge in [0.05, 0.1) is 12.7 Å². The minimum atomic E-state index is -0.565. The second-order valence-corrected chi connectivity index (χ2v) is 5.66. The number of carbonyl (C=O) groups excluding carboxylic acids is 1. The van der Waals surface area contributed by atoms with Crippen molar-refractivity contribution in [3.8, 4) is 28.6 Å². The number of rotatable bonds is 5. The second kappa shape index (κ2) is 7.36. The molecule has 0 radical (unpaired) electrons. The first-order valence-electron chi connectivity index (χ1n) is 8.27. The smallest absolute Gasteiger partial charge is 0.338 e. The van der Waals surface area contributed by atoms with Crippen molar-refractivity contribution in [2.24, 2.45) is 0 Å². The van der Waals surface area contributed by atoms with Crippen LogP contribution < -0.4 is 14.2 Å². The minimum absolute atomic E-state index is 0.143. The molecule has 0 saturated heterocycles. The van der Waals surface area contributed by atoms with E-state index in [-0.39, 0.29) is 18.1 Å². The topological polar surface area (TPSA) is 92.9 Å². The van der Waals surface area contributed by atoms with Crippen molar-refractivity contribution in [3.63, 3.8) is 0 Å². The van der Waals surface area contributed by atoms with E-state index < -0.39 is 5.97 Å². The molecule has 0 N–H and O–H groups in total. The largest absolute Gasteiger partial charge is 0.493 e. The van der Waals surface area contributed by atoms with Crippen molar-refractivity contribution >= 4 is 5.97 Å². The molecule has 1 aliphatic heterocycles. The summed E-state index contributed by atoms with van der Waals surface area (Å²) in [4.78, 5) is 16.6. The molecule has 0 saturated carbocycles. The van der Waals surface area contributed by atoms with Gasteiger partial charge in [-0.05, 0) is 12.1 Å².